The van der Waals surface area contributed by atoms with Crippen LogP contribution >= 0.6 is 0 Å². The summed E-state index contributed by atoms with van der Waals surface area (Å²) in [6.45, 7) is 6.81. The summed E-state index contributed by atoms with van der Waals surface area (Å²) in [6, 6.07) is 1.94. The molecule has 0 aromatic carbocycles. The topological polar surface area (TPSA) is 69.6 Å². The zero-order chi connectivity index (χ0) is 11.7. The Bertz CT molecular complexity index is 515. The molecule has 2 heterocycles. The number of aromatic nitrogens is 4. The number of aryl methyl sites for hydroxylation is 1. The predicted octanol–water partition coefficient (Wildman–Crippen LogP) is 1.56. The van der Waals surface area contributed by atoms with Gasteiger partial charge in [0.1, 0.15) is 11.5 Å². The minimum Gasteiger partial charge on any atom is -0.382 e. The molecule has 2 aromatic heterocycles. The number of hydrogen-bond acceptors (Lipinski definition) is 4. The van der Waals surface area contributed by atoms with Crippen molar-refractivity contribution in [2.45, 2.75) is 27.3 Å². The van der Waals surface area contributed by atoms with Crippen LogP contribution in [0.5, 0.6) is 0 Å². The molecule has 5 nitrogen and oxygen atoms in total. The zero-order valence-corrected chi connectivity index (χ0v) is 9.73. The molecular formula is C11H15N5. The SMILES string of the molecule is CCn1nccc1-c1nnc(N)c(C)c1C. The highest BCUT2D eigenvalue weighted by Crippen LogP contribution is 2.24. The first-order valence-electron chi connectivity index (χ1n) is 5.26. The number of nitrogen functional groups attached to an aromatic ring is 1. The van der Waals surface area contributed by atoms with Crippen molar-refractivity contribution >= 4 is 5.82 Å². The van der Waals surface area contributed by atoms with Gasteiger partial charge < -0.3 is 5.73 Å². The van der Waals surface area contributed by atoms with Crippen molar-refractivity contribution in [2.75, 3.05) is 5.73 Å². The van der Waals surface area contributed by atoms with Gasteiger partial charge in [-0.15, -0.1) is 10.2 Å². The van der Waals surface area contributed by atoms with Gasteiger partial charge in [0.2, 0.25) is 0 Å². The van der Waals surface area contributed by atoms with Crippen molar-refractivity contribution in [3.8, 4) is 11.4 Å². The Morgan fingerprint density at radius 2 is 2.00 bits per heavy atom. The second kappa shape index (κ2) is 3.92. The van der Waals surface area contributed by atoms with E-state index in [0.29, 0.717) is 5.82 Å². The Morgan fingerprint density at radius 3 is 2.69 bits per heavy atom. The van der Waals surface area contributed by atoms with Crippen LogP contribution in [0.15, 0.2) is 12.3 Å². The molecule has 84 valence electrons. The molecule has 0 saturated heterocycles. The summed E-state index contributed by atoms with van der Waals surface area (Å²) >= 11 is 0. The Morgan fingerprint density at radius 1 is 1.25 bits per heavy atom. The van der Waals surface area contributed by atoms with E-state index in [9.17, 15) is 0 Å². The van der Waals surface area contributed by atoms with Gasteiger partial charge in [-0.3, -0.25) is 4.68 Å². The summed E-state index contributed by atoms with van der Waals surface area (Å²) in [7, 11) is 0. The van der Waals surface area contributed by atoms with Gasteiger partial charge in [-0.2, -0.15) is 5.10 Å². The predicted molar refractivity (Wildman–Crippen MR) is 62.8 cm³/mol. The lowest BCUT2D eigenvalue weighted by Gasteiger charge is -2.09. The molecule has 16 heavy (non-hydrogen) atoms. The molecule has 0 bridgehead atoms. The number of anilines is 1. The summed E-state index contributed by atoms with van der Waals surface area (Å²) in [6.07, 6.45) is 1.77. The van der Waals surface area contributed by atoms with Gasteiger partial charge in [0.15, 0.2) is 0 Å². The Kier molecular flexibility index (Phi) is 2.60. The molecule has 0 aliphatic heterocycles. The Hall–Kier alpha value is -1.91. The molecule has 5 heteroatoms. The fourth-order valence-corrected chi connectivity index (χ4v) is 1.65. The second-order valence-electron chi connectivity index (χ2n) is 3.72. The third kappa shape index (κ3) is 1.54. The molecule has 2 N–H and O–H groups in total. The highest BCUT2D eigenvalue weighted by atomic mass is 15.3. The summed E-state index contributed by atoms with van der Waals surface area (Å²) in [5.74, 6) is 0.490. The van der Waals surface area contributed by atoms with Crippen molar-refractivity contribution in [1.82, 2.24) is 20.0 Å². The highest BCUT2D eigenvalue weighted by molar-refractivity contribution is 5.62. The maximum Gasteiger partial charge on any atom is 0.149 e. The smallest absolute Gasteiger partial charge is 0.149 e. The van der Waals surface area contributed by atoms with Crippen molar-refractivity contribution < 1.29 is 0 Å². The van der Waals surface area contributed by atoms with Crippen LogP contribution in [0.2, 0.25) is 0 Å². The number of nitrogens with zero attached hydrogens (tertiary/aromatic N) is 4. The monoisotopic (exact) mass is 217 g/mol. The average molecular weight is 217 g/mol. The van der Waals surface area contributed by atoms with Crippen molar-refractivity contribution in [2.24, 2.45) is 0 Å². The van der Waals surface area contributed by atoms with E-state index in [0.717, 1.165) is 29.1 Å². The summed E-state index contributed by atoms with van der Waals surface area (Å²) in [4.78, 5) is 0. The highest BCUT2D eigenvalue weighted by Gasteiger charge is 2.12. The first-order chi connectivity index (χ1) is 7.65. The van der Waals surface area contributed by atoms with E-state index in [1.807, 2.05) is 31.5 Å². The van der Waals surface area contributed by atoms with Gasteiger partial charge in [0, 0.05) is 12.7 Å². The van der Waals surface area contributed by atoms with Crippen LogP contribution in [0.1, 0.15) is 18.1 Å². The largest absolute Gasteiger partial charge is 0.382 e. The quantitative estimate of drug-likeness (QED) is 0.828. The van der Waals surface area contributed by atoms with E-state index in [-0.39, 0.29) is 0 Å². The second-order valence-corrected chi connectivity index (χ2v) is 3.72. The standard InChI is InChI=1S/C11H15N5/c1-4-16-9(5-6-13-16)10-7(2)8(3)11(12)15-14-10/h5-6H,4H2,1-3H3,(H2,12,15). The molecule has 0 aliphatic rings. The first-order valence-corrected chi connectivity index (χ1v) is 5.26. The number of nitrogens with two attached hydrogens (primary N) is 1. The summed E-state index contributed by atoms with van der Waals surface area (Å²) in [5, 5.41) is 12.3. The molecule has 0 fully saturated rings. The normalized spacial score (nSPS) is 10.7. The van der Waals surface area contributed by atoms with Crippen molar-refractivity contribution in [3.05, 3.63) is 23.4 Å². The fraction of sp³-hybridized carbons (Fsp3) is 0.364. The molecule has 0 spiro atoms. The number of hydrogen-bond donors (Lipinski definition) is 1. The van der Waals surface area contributed by atoms with Crippen LogP contribution in [0, 0.1) is 13.8 Å². The fourth-order valence-electron chi connectivity index (χ4n) is 1.65. The van der Waals surface area contributed by atoms with Crippen molar-refractivity contribution in [1.29, 1.82) is 0 Å². The maximum atomic E-state index is 5.72. The van der Waals surface area contributed by atoms with Gasteiger partial charge in [0.25, 0.3) is 0 Å². The van der Waals surface area contributed by atoms with E-state index in [1.165, 1.54) is 0 Å². The maximum absolute atomic E-state index is 5.72. The van der Waals surface area contributed by atoms with E-state index in [1.54, 1.807) is 6.20 Å². The van der Waals surface area contributed by atoms with Crippen LogP contribution in [0.3, 0.4) is 0 Å². The summed E-state index contributed by atoms with van der Waals surface area (Å²) in [5.41, 5.74) is 9.59. The molecule has 0 unspecified atom stereocenters. The van der Waals surface area contributed by atoms with Crippen LogP contribution in [0.4, 0.5) is 5.82 Å². The third-order valence-corrected chi connectivity index (χ3v) is 2.82. The van der Waals surface area contributed by atoms with Gasteiger partial charge in [-0.1, -0.05) is 0 Å². The molecule has 0 atom stereocenters. The van der Waals surface area contributed by atoms with Crippen LogP contribution in [0.25, 0.3) is 11.4 Å². The number of rotatable bonds is 2. The lowest BCUT2D eigenvalue weighted by atomic mass is 10.1. The molecule has 2 aromatic rings. The molecule has 0 saturated carbocycles. The molecule has 2 rings (SSSR count). The average Bonchev–Trinajstić information content (AvgIpc) is 2.74. The van der Waals surface area contributed by atoms with Gasteiger partial charge >= 0.3 is 0 Å². The first kappa shape index (κ1) is 10.6. The molecule has 0 aliphatic carbocycles. The van der Waals surface area contributed by atoms with E-state index >= 15 is 0 Å². The van der Waals surface area contributed by atoms with E-state index in [2.05, 4.69) is 15.3 Å². The van der Waals surface area contributed by atoms with E-state index in [4.69, 9.17) is 5.73 Å². The molecular weight excluding hydrogens is 202 g/mol. The van der Waals surface area contributed by atoms with E-state index < -0.39 is 0 Å². The van der Waals surface area contributed by atoms with Crippen LogP contribution in [-0.4, -0.2) is 20.0 Å². The van der Waals surface area contributed by atoms with Gasteiger partial charge in [-0.25, -0.2) is 0 Å². The molecule has 0 radical (unpaired) electrons. The van der Waals surface area contributed by atoms with Crippen LogP contribution < -0.4 is 5.73 Å². The minimum atomic E-state index is 0.490. The van der Waals surface area contributed by atoms with Crippen molar-refractivity contribution in [3.63, 3.8) is 0 Å². The lowest BCUT2D eigenvalue weighted by molar-refractivity contribution is 0.664. The van der Waals surface area contributed by atoms with Crippen LogP contribution in [-0.2, 0) is 6.54 Å². The third-order valence-electron chi connectivity index (χ3n) is 2.82. The summed E-state index contributed by atoms with van der Waals surface area (Å²) < 4.78 is 1.90. The zero-order valence-electron chi connectivity index (χ0n) is 9.73. The lowest BCUT2D eigenvalue weighted by Crippen LogP contribution is -2.06. The molecule has 0 amide bonds. The Balaban J connectivity index is 2.61. The Labute approximate surface area is 94.3 Å². The minimum absolute atomic E-state index is 0.490. The van der Waals surface area contributed by atoms with Gasteiger partial charge in [0.05, 0.1) is 5.69 Å². The van der Waals surface area contributed by atoms with Gasteiger partial charge in [-0.05, 0) is 38.0 Å².